The average molecular weight is 353 g/mol. The molecule has 0 aliphatic carbocycles. The zero-order valence-corrected chi connectivity index (χ0v) is 11.1. The van der Waals surface area contributed by atoms with Gasteiger partial charge in [0.1, 0.15) is 0 Å². The highest BCUT2D eigenvalue weighted by Gasteiger charge is 2.71. The van der Waals surface area contributed by atoms with Crippen molar-refractivity contribution in [2.75, 3.05) is 0 Å². The van der Waals surface area contributed by atoms with Gasteiger partial charge in [-0.05, 0) is 0 Å². The number of hydrogen-bond acceptors (Lipinski definition) is 0. The number of alkyl halides is 10. The van der Waals surface area contributed by atoms with E-state index in [-0.39, 0.29) is 0 Å². The van der Waals surface area contributed by atoms with Crippen molar-refractivity contribution >= 4 is 81.2 Å². The Morgan fingerprint density at radius 1 is 0.571 bits per heavy atom. The summed E-state index contributed by atoms with van der Waals surface area (Å²) in [5.74, 6) is 0. The highest BCUT2D eigenvalue weighted by atomic mass is 35.6. The Hall–Kier alpha value is 1.82. The van der Waals surface area contributed by atoms with Crippen molar-refractivity contribution in [2.45, 2.75) is 18.6 Å². The van der Waals surface area contributed by atoms with Crippen LogP contribution in [0.5, 0.6) is 0 Å². The SMILES string of the molecule is FC(F)(F)C(Cl)(Cl)C(Cl)(Cl)C(Cl)(Cl)Cl. The van der Waals surface area contributed by atoms with E-state index < -0.39 is 18.6 Å². The molecule has 0 fully saturated rings. The summed E-state index contributed by atoms with van der Waals surface area (Å²) in [5.41, 5.74) is 0. The van der Waals surface area contributed by atoms with Crippen LogP contribution in [0.25, 0.3) is 0 Å². The van der Waals surface area contributed by atoms with Gasteiger partial charge in [0.15, 0.2) is 0 Å². The van der Waals surface area contributed by atoms with Crippen molar-refractivity contribution in [2.24, 2.45) is 0 Å². The summed E-state index contributed by atoms with van der Waals surface area (Å²) in [7, 11) is 0. The van der Waals surface area contributed by atoms with Gasteiger partial charge in [-0.1, -0.05) is 81.2 Å². The summed E-state index contributed by atoms with van der Waals surface area (Å²) < 4.78 is 27.4. The summed E-state index contributed by atoms with van der Waals surface area (Å²) >= 11 is 35.5. The largest absolute Gasteiger partial charge is 0.424 e. The lowest BCUT2D eigenvalue weighted by atomic mass is 10.3. The normalized spacial score (nSPS) is 15.9. The van der Waals surface area contributed by atoms with Gasteiger partial charge < -0.3 is 0 Å². The molecular weight excluding hydrogens is 353 g/mol. The molecule has 0 bridgehead atoms. The van der Waals surface area contributed by atoms with Gasteiger partial charge in [0.05, 0.1) is 0 Å². The predicted octanol–water partition coefficient (Wildman–Crippen LogP) is 5.27. The minimum atomic E-state index is -5.15. The summed E-state index contributed by atoms with van der Waals surface area (Å²) in [5, 5.41) is 0. The second kappa shape index (κ2) is 4.25. The van der Waals surface area contributed by atoms with Crippen LogP contribution < -0.4 is 0 Å². The molecule has 0 atom stereocenters. The molecule has 0 saturated carbocycles. The highest BCUT2D eigenvalue weighted by Crippen LogP contribution is 2.61. The van der Waals surface area contributed by atoms with Crippen molar-refractivity contribution in [3.63, 3.8) is 0 Å². The topological polar surface area (TPSA) is 0 Å². The molecule has 0 aromatic carbocycles. The first-order chi connectivity index (χ1) is 5.75. The Morgan fingerprint density at radius 2 is 0.857 bits per heavy atom. The Bertz CT molecular complexity index is 190. The fraction of sp³-hybridized carbons (Fsp3) is 1.00. The van der Waals surface area contributed by atoms with Gasteiger partial charge in [-0.2, -0.15) is 13.2 Å². The first kappa shape index (κ1) is 15.8. The zero-order chi connectivity index (χ0) is 12.0. The van der Waals surface area contributed by atoms with Gasteiger partial charge in [0, 0.05) is 0 Å². The summed E-state index contributed by atoms with van der Waals surface area (Å²) in [4.78, 5) is 0. The molecule has 14 heavy (non-hydrogen) atoms. The molecule has 0 spiro atoms. The Balaban J connectivity index is 5.30. The number of rotatable bonds is 1. The van der Waals surface area contributed by atoms with Crippen LogP contribution in [0.15, 0.2) is 0 Å². The van der Waals surface area contributed by atoms with Crippen molar-refractivity contribution in [3.05, 3.63) is 0 Å². The molecule has 0 heterocycles. The van der Waals surface area contributed by atoms with E-state index in [1.165, 1.54) is 0 Å². The highest BCUT2D eigenvalue weighted by molar-refractivity contribution is 6.78. The fourth-order valence-corrected chi connectivity index (χ4v) is 1.57. The summed E-state index contributed by atoms with van der Waals surface area (Å²) in [6.45, 7) is 0. The molecule has 10 heteroatoms. The van der Waals surface area contributed by atoms with Crippen LogP contribution in [0, 0.1) is 0 Å². The maximum absolute atomic E-state index is 12.3. The second-order valence-corrected chi connectivity index (χ2v) is 7.08. The fourth-order valence-electron chi connectivity index (χ4n) is 0.356. The summed E-state index contributed by atoms with van der Waals surface area (Å²) in [6.07, 6.45) is -5.15. The van der Waals surface area contributed by atoms with Gasteiger partial charge in [0.2, 0.25) is 12.5 Å². The quantitative estimate of drug-likeness (QED) is 0.564. The number of halogens is 10. The molecule has 0 aromatic heterocycles. The Morgan fingerprint density at radius 3 is 0.929 bits per heavy atom. The smallest absolute Gasteiger partial charge is 0.168 e. The maximum Gasteiger partial charge on any atom is 0.424 e. The third-order valence-corrected chi connectivity index (χ3v) is 5.05. The lowest BCUT2D eigenvalue weighted by Crippen LogP contribution is -2.55. The Labute approximate surface area is 112 Å². The molecule has 0 rings (SSSR count). The van der Waals surface area contributed by atoms with Crippen LogP contribution in [0.1, 0.15) is 0 Å². The molecule has 0 radical (unpaired) electrons. The van der Waals surface area contributed by atoms with Crippen molar-refractivity contribution in [3.8, 4) is 0 Å². The van der Waals surface area contributed by atoms with Gasteiger partial charge in [-0.15, -0.1) is 0 Å². The molecule has 0 N–H and O–H groups in total. The molecule has 0 nitrogen and oxygen atoms in total. The molecular formula is C4Cl7F3. The van der Waals surface area contributed by atoms with E-state index in [1.54, 1.807) is 0 Å². The van der Waals surface area contributed by atoms with Crippen LogP contribution in [0.4, 0.5) is 13.2 Å². The van der Waals surface area contributed by atoms with Crippen LogP contribution >= 0.6 is 81.2 Å². The molecule has 0 aliphatic heterocycles. The molecule has 0 unspecified atom stereocenters. The number of hydrogen-bond donors (Lipinski definition) is 0. The van der Waals surface area contributed by atoms with Crippen LogP contribution in [0.2, 0.25) is 0 Å². The molecule has 86 valence electrons. The predicted molar refractivity (Wildman–Crippen MR) is 55.2 cm³/mol. The van der Waals surface area contributed by atoms with Gasteiger partial charge in [-0.3, -0.25) is 0 Å². The monoisotopic (exact) mass is 350 g/mol. The minimum Gasteiger partial charge on any atom is -0.168 e. The van der Waals surface area contributed by atoms with Crippen LogP contribution in [0.3, 0.4) is 0 Å². The third-order valence-electron chi connectivity index (χ3n) is 1.11. The van der Waals surface area contributed by atoms with E-state index in [0.29, 0.717) is 0 Å². The molecule has 0 aliphatic rings. The van der Waals surface area contributed by atoms with E-state index in [4.69, 9.17) is 81.2 Å². The first-order valence-corrected chi connectivity index (χ1v) is 5.29. The van der Waals surface area contributed by atoms with E-state index in [9.17, 15) is 13.2 Å². The van der Waals surface area contributed by atoms with Gasteiger partial charge in [-0.25, -0.2) is 0 Å². The van der Waals surface area contributed by atoms with E-state index in [2.05, 4.69) is 0 Å². The second-order valence-electron chi connectivity index (χ2n) is 2.14. The molecule has 0 amide bonds. The van der Waals surface area contributed by atoms with Gasteiger partial charge in [0.25, 0.3) is 0 Å². The average Bonchev–Trinajstić information content (AvgIpc) is 1.81. The lowest BCUT2D eigenvalue weighted by Gasteiger charge is -2.38. The van der Waals surface area contributed by atoms with Crippen LogP contribution in [-0.4, -0.2) is 18.6 Å². The van der Waals surface area contributed by atoms with E-state index >= 15 is 0 Å². The van der Waals surface area contributed by atoms with Gasteiger partial charge >= 0.3 is 6.18 Å². The maximum atomic E-state index is 12.3. The molecule has 0 saturated heterocycles. The van der Waals surface area contributed by atoms with Crippen molar-refractivity contribution < 1.29 is 13.2 Å². The summed E-state index contributed by atoms with van der Waals surface area (Å²) in [6, 6.07) is 0. The Kier molecular flexibility index (Phi) is 4.80. The van der Waals surface area contributed by atoms with Crippen molar-refractivity contribution in [1.82, 2.24) is 0 Å². The first-order valence-electron chi connectivity index (χ1n) is 2.64. The van der Waals surface area contributed by atoms with E-state index in [0.717, 1.165) is 0 Å². The standard InChI is InChI=1S/C4Cl7F3/c5-1(6,3(9,10)11)2(7,8)4(12,13)14. The molecule has 0 aromatic rings. The third kappa shape index (κ3) is 2.73. The van der Waals surface area contributed by atoms with E-state index in [1.807, 2.05) is 0 Å². The minimum absolute atomic E-state index is 2.70. The lowest BCUT2D eigenvalue weighted by molar-refractivity contribution is -0.144. The van der Waals surface area contributed by atoms with Crippen LogP contribution in [-0.2, 0) is 0 Å². The van der Waals surface area contributed by atoms with Crippen molar-refractivity contribution in [1.29, 1.82) is 0 Å². The zero-order valence-electron chi connectivity index (χ0n) is 5.78.